The van der Waals surface area contributed by atoms with Crippen molar-refractivity contribution in [1.82, 2.24) is 24.6 Å². The van der Waals surface area contributed by atoms with Crippen LogP contribution in [-0.4, -0.2) is 93.7 Å². The SMILES string of the molecule is CN1CCC2(CC1)CCN(c1cccc(-c3cccc4c3cnn4Cc3cc(OCc4cncc(C#N)c4)c(CN(C)C(CO)C(=O)O)cc3Cl)c1Cl)CC2. The van der Waals surface area contributed by atoms with Gasteiger partial charge in [-0.15, -0.1) is 0 Å². The predicted octanol–water partition coefficient (Wildman–Crippen LogP) is 7.09. The van der Waals surface area contributed by atoms with Crippen LogP contribution in [0.15, 0.2) is 73.2 Å². The lowest BCUT2D eigenvalue weighted by atomic mass is 9.71. The smallest absolute Gasteiger partial charge is 0.323 e. The number of carboxylic acids is 1. The normalized spacial score (nSPS) is 16.4. The first-order chi connectivity index (χ1) is 26.6. The van der Waals surface area contributed by atoms with Crippen molar-refractivity contribution in [2.24, 2.45) is 5.41 Å². The molecule has 2 aliphatic rings. The van der Waals surface area contributed by atoms with Gasteiger partial charge in [-0.05, 0) is 99.7 Å². The summed E-state index contributed by atoms with van der Waals surface area (Å²) in [5.74, 6) is -0.657. The van der Waals surface area contributed by atoms with E-state index in [2.05, 4.69) is 52.2 Å². The Bertz CT molecular complexity index is 2220. The van der Waals surface area contributed by atoms with Crippen molar-refractivity contribution in [3.05, 3.63) is 105 Å². The average Bonchev–Trinajstić information content (AvgIpc) is 3.60. The third kappa shape index (κ3) is 8.30. The molecule has 2 N–H and O–H groups in total. The van der Waals surface area contributed by atoms with Crippen molar-refractivity contribution in [2.75, 3.05) is 51.8 Å². The maximum atomic E-state index is 11.8. The maximum Gasteiger partial charge on any atom is 0.323 e. The van der Waals surface area contributed by atoms with Gasteiger partial charge < -0.3 is 24.7 Å². The molecular formula is C42H45Cl2N7O4. The van der Waals surface area contributed by atoms with E-state index in [0.29, 0.717) is 39.4 Å². The highest BCUT2D eigenvalue weighted by atomic mass is 35.5. The van der Waals surface area contributed by atoms with E-state index in [-0.39, 0.29) is 13.2 Å². The molecule has 2 saturated heterocycles. The fourth-order valence-electron chi connectivity index (χ4n) is 8.00. The molecule has 5 aromatic rings. The van der Waals surface area contributed by atoms with Crippen LogP contribution in [0.5, 0.6) is 5.75 Å². The number of carbonyl (C=O) groups is 1. The number of hydrogen-bond acceptors (Lipinski definition) is 9. The number of piperidine rings is 2. The standard InChI is InChI=1S/C42H45Cl2N7O4/c1-48-13-9-42(10-14-48)11-15-50(16-12-42)37-8-4-6-33(40(37)44)32-5-3-7-36-34(32)23-47-51(36)25-30-19-39(55-27-29-17-28(20-45)21-46-22-29)31(18-35(30)43)24-49(2)38(26-52)41(53)54/h3-8,17-19,21-23,38,52H,9-16,24-27H2,1-2H3,(H,53,54). The molecule has 0 radical (unpaired) electrons. The topological polar surface area (TPSA) is 131 Å². The number of carboxylic acid groups (broad SMARTS) is 1. The third-order valence-electron chi connectivity index (χ3n) is 11.4. The van der Waals surface area contributed by atoms with Gasteiger partial charge in [-0.2, -0.15) is 10.4 Å². The van der Waals surface area contributed by atoms with E-state index in [1.807, 2.05) is 29.1 Å². The third-order valence-corrected chi connectivity index (χ3v) is 12.2. The minimum atomic E-state index is -1.14. The minimum Gasteiger partial charge on any atom is -0.489 e. The highest BCUT2D eigenvalue weighted by Crippen LogP contribution is 2.45. The molecule has 0 bridgehead atoms. The lowest BCUT2D eigenvalue weighted by Gasteiger charge is -2.47. The van der Waals surface area contributed by atoms with Gasteiger partial charge in [0.1, 0.15) is 24.5 Å². The van der Waals surface area contributed by atoms with Gasteiger partial charge in [-0.25, -0.2) is 0 Å². The number of aliphatic hydroxyl groups is 1. The maximum absolute atomic E-state index is 11.8. The van der Waals surface area contributed by atoms with Gasteiger partial charge in [0.2, 0.25) is 0 Å². The number of rotatable bonds is 12. The molecule has 286 valence electrons. The summed E-state index contributed by atoms with van der Waals surface area (Å²) in [7, 11) is 3.84. The van der Waals surface area contributed by atoms with Gasteiger partial charge in [0, 0.05) is 59.1 Å². The van der Waals surface area contributed by atoms with E-state index in [0.717, 1.165) is 51.4 Å². The molecule has 13 heteroatoms. The first-order valence-electron chi connectivity index (χ1n) is 18.6. The minimum absolute atomic E-state index is 0.118. The zero-order valence-electron chi connectivity index (χ0n) is 31.1. The van der Waals surface area contributed by atoms with Crippen LogP contribution in [0.3, 0.4) is 0 Å². The number of ether oxygens (including phenoxy) is 1. The van der Waals surface area contributed by atoms with Gasteiger partial charge >= 0.3 is 5.97 Å². The summed E-state index contributed by atoms with van der Waals surface area (Å²) in [5, 5.41) is 35.7. The second-order valence-electron chi connectivity index (χ2n) is 15.0. The summed E-state index contributed by atoms with van der Waals surface area (Å²) in [5.41, 5.74) is 6.88. The molecule has 2 aliphatic heterocycles. The van der Waals surface area contributed by atoms with Crippen molar-refractivity contribution in [3.8, 4) is 22.9 Å². The van der Waals surface area contributed by atoms with Crippen molar-refractivity contribution in [1.29, 1.82) is 5.26 Å². The first-order valence-corrected chi connectivity index (χ1v) is 19.3. The molecule has 2 aromatic heterocycles. The Kier molecular flexibility index (Phi) is 11.6. The van der Waals surface area contributed by atoms with Crippen molar-refractivity contribution >= 4 is 45.8 Å². The molecular weight excluding hydrogens is 737 g/mol. The number of aliphatic carboxylic acids is 1. The summed E-state index contributed by atoms with van der Waals surface area (Å²) in [4.78, 5) is 22.3. The second kappa shape index (κ2) is 16.6. The summed E-state index contributed by atoms with van der Waals surface area (Å²) in [6, 6.07) is 18.7. The molecule has 0 amide bonds. The number of likely N-dealkylation sites (tertiary alicyclic amines) is 1. The van der Waals surface area contributed by atoms with Crippen LogP contribution in [0, 0.1) is 16.7 Å². The summed E-state index contributed by atoms with van der Waals surface area (Å²) in [6.07, 6.45) is 9.89. The van der Waals surface area contributed by atoms with Crippen LogP contribution < -0.4 is 9.64 Å². The van der Waals surface area contributed by atoms with E-state index >= 15 is 0 Å². The number of benzene rings is 3. The lowest BCUT2D eigenvalue weighted by molar-refractivity contribution is -0.144. The Morgan fingerprint density at radius 3 is 2.45 bits per heavy atom. The number of likely N-dealkylation sites (N-methyl/N-ethyl adjacent to an activating group) is 1. The average molecular weight is 783 g/mol. The molecule has 0 aliphatic carbocycles. The zero-order chi connectivity index (χ0) is 38.7. The summed E-state index contributed by atoms with van der Waals surface area (Å²) >= 11 is 14.2. The van der Waals surface area contributed by atoms with E-state index in [1.165, 1.54) is 49.9 Å². The van der Waals surface area contributed by atoms with Gasteiger partial charge in [-0.1, -0.05) is 47.5 Å². The molecule has 1 spiro atoms. The number of aromatic nitrogens is 3. The van der Waals surface area contributed by atoms with Gasteiger partial charge in [-0.3, -0.25) is 19.4 Å². The number of hydrogen-bond donors (Lipinski definition) is 2. The van der Waals surface area contributed by atoms with E-state index in [4.69, 9.17) is 33.0 Å². The number of aliphatic hydroxyl groups excluding tert-OH is 1. The molecule has 55 heavy (non-hydrogen) atoms. The van der Waals surface area contributed by atoms with Crippen LogP contribution in [0.4, 0.5) is 5.69 Å². The first kappa shape index (κ1) is 38.6. The molecule has 3 aromatic carbocycles. The number of nitrogens with zero attached hydrogens (tertiary/aromatic N) is 7. The monoisotopic (exact) mass is 781 g/mol. The van der Waals surface area contributed by atoms with Gasteiger partial charge in [0.15, 0.2) is 0 Å². The quantitative estimate of drug-likeness (QED) is 0.135. The fourth-order valence-corrected chi connectivity index (χ4v) is 8.60. The Labute approximate surface area is 331 Å². The van der Waals surface area contributed by atoms with Crippen LogP contribution in [0.25, 0.3) is 22.0 Å². The van der Waals surface area contributed by atoms with Gasteiger partial charge in [0.25, 0.3) is 0 Å². The van der Waals surface area contributed by atoms with Crippen molar-refractivity contribution in [3.63, 3.8) is 0 Å². The Morgan fingerprint density at radius 2 is 1.73 bits per heavy atom. The predicted molar refractivity (Wildman–Crippen MR) is 215 cm³/mol. The molecule has 1 atom stereocenters. The fraction of sp³-hybridized carbons (Fsp3) is 0.381. The van der Waals surface area contributed by atoms with E-state index in [9.17, 15) is 20.3 Å². The lowest BCUT2D eigenvalue weighted by Crippen LogP contribution is -2.46. The summed E-state index contributed by atoms with van der Waals surface area (Å²) < 4.78 is 8.19. The molecule has 7 rings (SSSR count). The Morgan fingerprint density at radius 1 is 1.00 bits per heavy atom. The highest BCUT2D eigenvalue weighted by Gasteiger charge is 2.37. The number of anilines is 1. The van der Waals surface area contributed by atoms with Crippen LogP contribution in [0.2, 0.25) is 10.0 Å². The molecule has 2 fully saturated rings. The van der Waals surface area contributed by atoms with E-state index < -0.39 is 18.6 Å². The molecule has 4 heterocycles. The number of halogens is 2. The van der Waals surface area contributed by atoms with Crippen LogP contribution >= 0.6 is 23.2 Å². The van der Waals surface area contributed by atoms with Crippen molar-refractivity contribution < 1.29 is 19.7 Å². The largest absolute Gasteiger partial charge is 0.489 e. The summed E-state index contributed by atoms with van der Waals surface area (Å²) in [6.45, 7) is 4.39. The highest BCUT2D eigenvalue weighted by molar-refractivity contribution is 6.36. The van der Waals surface area contributed by atoms with Crippen LogP contribution in [-0.2, 0) is 24.5 Å². The Balaban J connectivity index is 1.16. The zero-order valence-corrected chi connectivity index (χ0v) is 32.6. The second-order valence-corrected chi connectivity index (χ2v) is 15.7. The Hall–Kier alpha value is -4.70. The number of fused-ring (bicyclic) bond motifs is 1. The van der Waals surface area contributed by atoms with Crippen molar-refractivity contribution in [2.45, 2.75) is 51.4 Å². The number of pyridine rings is 1. The molecule has 1 unspecified atom stereocenters. The van der Waals surface area contributed by atoms with E-state index in [1.54, 1.807) is 25.4 Å². The molecule has 0 saturated carbocycles. The number of nitriles is 1. The van der Waals surface area contributed by atoms with Gasteiger partial charge in [0.05, 0.1) is 41.1 Å². The molecule has 11 nitrogen and oxygen atoms in total. The van der Waals surface area contributed by atoms with Crippen LogP contribution in [0.1, 0.15) is 47.9 Å².